The van der Waals surface area contributed by atoms with Crippen LogP contribution < -0.4 is 5.32 Å². The predicted molar refractivity (Wildman–Crippen MR) is 51.0 cm³/mol. The fraction of sp³-hybridized carbons (Fsp3) is 0.111. The first-order valence-electron chi connectivity index (χ1n) is 3.97. The Kier molecular flexibility index (Phi) is 1.73. The quantitative estimate of drug-likeness (QED) is 0.678. The Hall–Kier alpha value is -1.84. The SMILES string of the molecule is CNc1nc2c(C=O)cccc2[nH]1. The van der Waals surface area contributed by atoms with Gasteiger partial charge in [0, 0.05) is 12.6 Å². The van der Waals surface area contributed by atoms with Crippen LogP contribution in [0, 0.1) is 0 Å². The average Bonchev–Trinajstić information content (AvgIpc) is 2.59. The maximum atomic E-state index is 10.6. The van der Waals surface area contributed by atoms with Gasteiger partial charge in [-0.2, -0.15) is 0 Å². The number of para-hydroxylation sites is 1. The van der Waals surface area contributed by atoms with Crippen molar-refractivity contribution in [1.29, 1.82) is 0 Å². The predicted octanol–water partition coefficient (Wildman–Crippen LogP) is 1.42. The molecule has 0 saturated heterocycles. The van der Waals surface area contributed by atoms with Crippen molar-refractivity contribution in [1.82, 2.24) is 9.97 Å². The van der Waals surface area contributed by atoms with Gasteiger partial charge in [0.05, 0.1) is 5.52 Å². The van der Waals surface area contributed by atoms with Crippen LogP contribution >= 0.6 is 0 Å². The van der Waals surface area contributed by atoms with Gasteiger partial charge in [0.25, 0.3) is 0 Å². The number of carbonyl (C=O) groups is 1. The Morgan fingerprint density at radius 1 is 1.54 bits per heavy atom. The van der Waals surface area contributed by atoms with E-state index in [-0.39, 0.29) is 0 Å². The van der Waals surface area contributed by atoms with E-state index in [1.165, 1.54) is 0 Å². The molecule has 13 heavy (non-hydrogen) atoms. The zero-order valence-electron chi connectivity index (χ0n) is 7.16. The number of nitrogens with one attached hydrogen (secondary N) is 2. The zero-order chi connectivity index (χ0) is 9.26. The number of nitrogens with zero attached hydrogens (tertiary/aromatic N) is 1. The molecule has 66 valence electrons. The number of aldehydes is 1. The summed E-state index contributed by atoms with van der Waals surface area (Å²) in [6.07, 6.45) is 0.808. The number of hydrogen-bond acceptors (Lipinski definition) is 3. The van der Waals surface area contributed by atoms with Crippen molar-refractivity contribution in [2.75, 3.05) is 12.4 Å². The lowest BCUT2D eigenvalue weighted by molar-refractivity contribution is 0.112. The van der Waals surface area contributed by atoms with Gasteiger partial charge >= 0.3 is 0 Å². The number of aromatic amines is 1. The molecule has 0 spiro atoms. The standard InChI is InChI=1S/C9H9N3O/c1-10-9-11-7-4-2-3-6(5-13)8(7)12-9/h2-5H,1H3,(H2,10,11,12). The molecule has 0 aliphatic rings. The Balaban J connectivity index is 2.74. The highest BCUT2D eigenvalue weighted by Gasteiger charge is 2.04. The fourth-order valence-corrected chi connectivity index (χ4v) is 1.27. The number of anilines is 1. The van der Waals surface area contributed by atoms with Crippen LogP contribution in [0.1, 0.15) is 10.4 Å². The summed E-state index contributed by atoms with van der Waals surface area (Å²) in [5, 5.41) is 2.89. The number of fused-ring (bicyclic) bond motifs is 1. The minimum absolute atomic E-state index is 0.607. The van der Waals surface area contributed by atoms with E-state index in [2.05, 4.69) is 15.3 Å². The molecule has 4 nitrogen and oxygen atoms in total. The summed E-state index contributed by atoms with van der Waals surface area (Å²) < 4.78 is 0. The molecule has 4 heteroatoms. The summed E-state index contributed by atoms with van der Waals surface area (Å²) in [5.41, 5.74) is 2.19. The Morgan fingerprint density at radius 3 is 3.08 bits per heavy atom. The second kappa shape index (κ2) is 2.90. The fourth-order valence-electron chi connectivity index (χ4n) is 1.27. The number of benzene rings is 1. The van der Waals surface area contributed by atoms with Crippen LogP contribution in [0.2, 0.25) is 0 Å². The van der Waals surface area contributed by atoms with Gasteiger partial charge in [-0.1, -0.05) is 6.07 Å². The lowest BCUT2D eigenvalue weighted by Gasteiger charge is -1.89. The summed E-state index contributed by atoms with van der Waals surface area (Å²) in [6.45, 7) is 0. The molecule has 2 N–H and O–H groups in total. The van der Waals surface area contributed by atoms with Crippen molar-refractivity contribution in [3.8, 4) is 0 Å². The van der Waals surface area contributed by atoms with Crippen LogP contribution in [-0.4, -0.2) is 23.3 Å². The van der Waals surface area contributed by atoms with Crippen LogP contribution in [-0.2, 0) is 0 Å². The van der Waals surface area contributed by atoms with Crippen LogP contribution in [0.15, 0.2) is 18.2 Å². The van der Waals surface area contributed by atoms with Crippen LogP contribution in [0.3, 0.4) is 0 Å². The van der Waals surface area contributed by atoms with Gasteiger partial charge in [-0.15, -0.1) is 0 Å². The van der Waals surface area contributed by atoms with Crippen LogP contribution in [0.5, 0.6) is 0 Å². The molecular formula is C9H9N3O. The Labute approximate surface area is 75.0 Å². The summed E-state index contributed by atoms with van der Waals surface area (Å²) in [7, 11) is 1.78. The van der Waals surface area contributed by atoms with Crippen molar-refractivity contribution in [2.45, 2.75) is 0 Å². The number of imidazole rings is 1. The number of hydrogen-bond donors (Lipinski definition) is 2. The van der Waals surface area contributed by atoms with Crippen molar-refractivity contribution in [2.24, 2.45) is 0 Å². The minimum Gasteiger partial charge on any atom is -0.359 e. The maximum Gasteiger partial charge on any atom is 0.200 e. The summed E-state index contributed by atoms with van der Waals surface area (Å²) in [4.78, 5) is 17.9. The van der Waals surface area contributed by atoms with Crippen LogP contribution in [0.4, 0.5) is 5.95 Å². The maximum absolute atomic E-state index is 10.6. The molecule has 0 atom stereocenters. The molecule has 0 aliphatic heterocycles. The van der Waals surface area contributed by atoms with E-state index in [4.69, 9.17) is 0 Å². The highest BCUT2D eigenvalue weighted by atomic mass is 16.1. The molecule has 0 fully saturated rings. The van der Waals surface area contributed by atoms with Crippen molar-refractivity contribution in [3.63, 3.8) is 0 Å². The van der Waals surface area contributed by atoms with E-state index in [1.54, 1.807) is 13.1 Å². The lowest BCUT2D eigenvalue weighted by atomic mass is 10.2. The normalized spacial score (nSPS) is 10.2. The first-order valence-corrected chi connectivity index (χ1v) is 3.97. The van der Waals surface area contributed by atoms with E-state index in [9.17, 15) is 4.79 Å². The molecule has 0 aliphatic carbocycles. The first-order chi connectivity index (χ1) is 6.35. The molecule has 0 amide bonds. The third kappa shape index (κ3) is 1.16. The molecule has 0 saturated carbocycles. The van der Waals surface area contributed by atoms with Gasteiger partial charge in [-0.3, -0.25) is 4.79 Å². The average molecular weight is 175 g/mol. The molecule has 2 rings (SSSR count). The third-order valence-corrected chi connectivity index (χ3v) is 1.91. The minimum atomic E-state index is 0.607. The van der Waals surface area contributed by atoms with Crippen molar-refractivity contribution in [3.05, 3.63) is 23.8 Å². The second-order valence-corrected chi connectivity index (χ2v) is 2.70. The number of carbonyl (C=O) groups excluding carboxylic acids is 1. The number of H-pyrrole nitrogens is 1. The highest BCUT2D eigenvalue weighted by Crippen LogP contribution is 2.16. The Morgan fingerprint density at radius 2 is 2.38 bits per heavy atom. The van der Waals surface area contributed by atoms with E-state index in [0.29, 0.717) is 17.0 Å². The van der Waals surface area contributed by atoms with Gasteiger partial charge in [-0.05, 0) is 12.1 Å². The van der Waals surface area contributed by atoms with E-state index >= 15 is 0 Å². The zero-order valence-corrected chi connectivity index (χ0v) is 7.16. The topological polar surface area (TPSA) is 57.8 Å². The number of rotatable bonds is 2. The molecular weight excluding hydrogens is 166 g/mol. The molecule has 0 radical (unpaired) electrons. The van der Waals surface area contributed by atoms with Gasteiger partial charge in [0.15, 0.2) is 6.29 Å². The second-order valence-electron chi connectivity index (χ2n) is 2.70. The molecule has 1 aromatic carbocycles. The van der Waals surface area contributed by atoms with E-state index in [1.807, 2.05) is 12.1 Å². The van der Waals surface area contributed by atoms with E-state index in [0.717, 1.165) is 11.8 Å². The van der Waals surface area contributed by atoms with Crippen molar-refractivity contribution >= 4 is 23.3 Å². The van der Waals surface area contributed by atoms with Crippen molar-refractivity contribution < 1.29 is 4.79 Å². The van der Waals surface area contributed by atoms with Crippen LogP contribution in [0.25, 0.3) is 11.0 Å². The smallest absolute Gasteiger partial charge is 0.200 e. The summed E-state index contributed by atoms with van der Waals surface area (Å²) >= 11 is 0. The third-order valence-electron chi connectivity index (χ3n) is 1.91. The molecule has 0 bridgehead atoms. The van der Waals surface area contributed by atoms with Gasteiger partial charge in [0.2, 0.25) is 5.95 Å². The van der Waals surface area contributed by atoms with Gasteiger partial charge in [-0.25, -0.2) is 4.98 Å². The largest absolute Gasteiger partial charge is 0.359 e. The monoisotopic (exact) mass is 175 g/mol. The molecule has 2 aromatic rings. The molecule has 0 unspecified atom stereocenters. The van der Waals surface area contributed by atoms with E-state index < -0.39 is 0 Å². The lowest BCUT2D eigenvalue weighted by Crippen LogP contribution is -1.88. The molecule has 1 aromatic heterocycles. The Bertz CT molecular complexity index is 447. The summed E-state index contributed by atoms with van der Waals surface area (Å²) in [5.74, 6) is 0.671. The molecule has 1 heterocycles. The highest BCUT2D eigenvalue weighted by molar-refractivity contribution is 5.94. The number of aromatic nitrogens is 2. The first kappa shape index (κ1) is 7.79. The van der Waals surface area contributed by atoms with Gasteiger partial charge < -0.3 is 10.3 Å². The van der Waals surface area contributed by atoms with Gasteiger partial charge in [0.1, 0.15) is 5.52 Å². The summed E-state index contributed by atoms with van der Waals surface area (Å²) in [6, 6.07) is 5.45.